The molecule has 0 spiro atoms. The van der Waals surface area contributed by atoms with Gasteiger partial charge in [-0.15, -0.1) is 0 Å². The van der Waals surface area contributed by atoms with Crippen molar-refractivity contribution in [3.63, 3.8) is 0 Å². The van der Waals surface area contributed by atoms with Gasteiger partial charge < -0.3 is 15.8 Å². The molecule has 0 aromatic carbocycles. The molecular weight excluding hydrogens is 408 g/mol. The van der Waals surface area contributed by atoms with Gasteiger partial charge in [0.25, 0.3) is 5.91 Å². The zero-order valence-corrected chi connectivity index (χ0v) is 18.8. The summed E-state index contributed by atoms with van der Waals surface area (Å²) in [6.45, 7) is 7.95. The van der Waals surface area contributed by atoms with Crippen LogP contribution in [0.3, 0.4) is 0 Å². The highest BCUT2D eigenvalue weighted by atomic mass is 16.5. The minimum atomic E-state index is -0.354. The Morgan fingerprint density at radius 1 is 1.19 bits per heavy atom. The number of aryl methyl sites for hydroxylation is 1. The number of H-pyrrole nitrogens is 1. The number of methoxy groups -OCH3 is 1. The molecule has 0 bridgehead atoms. The molecule has 3 heterocycles. The molecule has 0 fully saturated rings. The first-order chi connectivity index (χ1) is 15.1. The van der Waals surface area contributed by atoms with E-state index in [0.717, 1.165) is 5.69 Å². The number of ether oxygens (including phenoxy) is 1. The number of nitrogens with one attached hydrogen (secondary N) is 2. The largest absolute Gasteiger partial charge is 0.495 e. The van der Waals surface area contributed by atoms with Crippen LogP contribution in [0.2, 0.25) is 0 Å². The van der Waals surface area contributed by atoms with Crippen LogP contribution in [0.5, 0.6) is 5.75 Å². The second-order valence-corrected chi connectivity index (χ2v) is 8.30. The van der Waals surface area contributed by atoms with Crippen molar-refractivity contribution in [2.24, 2.45) is 11.6 Å². The maximum Gasteiger partial charge on any atom is 0.258 e. The second-order valence-electron chi connectivity index (χ2n) is 8.30. The van der Waals surface area contributed by atoms with Crippen LogP contribution in [0, 0.1) is 6.92 Å². The highest BCUT2D eigenvalue weighted by Gasteiger charge is 2.18. The minimum absolute atomic E-state index is 0.112. The van der Waals surface area contributed by atoms with Crippen LogP contribution in [0.15, 0.2) is 43.0 Å². The molecule has 168 valence electrons. The maximum absolute atomic E-state index is 12.7. The zero-order chi connectivity index (χ0) is 23.5. The number of carbonyl (C=O) groups is 1. The standard InChI is InChI=1S/C22H28N8O2/c1-13-18(30(24)12-17(23)14-6-16(32-5)11-25-9-14)7-15(10-26-13)21(31)27-20-8-19(28-29-20)22(2,3)4/h6-12H,23-24H2,1-5H3,(H2,27,28,29,31)/b17-12-. The van der Waals surface area contributed by atoms with E-state index in [4.69, 9.17) is 16.3 Å². The van der Waals surface area contributed by atoms with Gasteiger partial charge in [-0.1, -0.05) is 20.8 Å². The van der Waals surface area contributed by atoms with Gasteiger partial charge in [0.1, 0.15) is 5.75 Å². The third-order valence-electron chi connectivity index (χ3n) is 4.79. The van der Waals surface area contributed by atoms with Crippen molar-refractivity contribution in [2.75, 3.05) is 17.4 Å². The molecule has 3 aromatic heterocycles. The van der Waals surface area contributed by atoms with Crippen molar-refractivity contribution in [1.82, 2.24) is 20.2 Å². The Bertz CT molecular complexity index is 1150. The monoisotopic (exact) mass is 436 g/mol. The van der Waals surface area contributed by atoms with Crippen molar-refractivity contribution in [3.8, 4) is 5.75 Å². The molecule has 0 saturated heterocycles. The molecule has 0 aliphatic rings. The van der Waals surface area contributed by atoms with Gasteiger partial charge in [-0.3, -0.25) is 24.9 Å². The summed E-state index contributed by atoms with van der Waals surface area (Å²) in [6.07, 6.45) is 6.20. The van der Waals surface area contributed by atoms with Gasteiger partial charge in [0.2, 0.25) is 0 Å². The fraction of sp³-hybridized carbons (Fsp3) is 0.273. The quantitative estimate of drug-likeness (QED) is 0.340. The molecule has 0 aliphatic heterocycles. The number of hydrogen-bond donors (Lipinski definition) is 4. The number of hydrazine groups is 1. The van der Waals surface area contributed by atoms with Gasteiger partial charge in [0.05, 0.1) is 35.9 Å². The molecule has 3 aromatic rings. The number of anilines is 2. The number of aromatic nitrogens is 4. The third kappa shape index (κ3) is 5.22. The lowest BCUT2D eigenvalue weighted by Crippen LogP contribution is -2.27. The van der Waals surface area contributed by atoms with E-state index in [1.807, 2.05) is 0 Å². The van der Waals surface area contributed by atoms with E-state index in [2.05, 4.69) is 46.3 Å². The van der Waals surface area contributed by atoms with Crippen LogP contribution < -0.4 is 26.6 Å². The molecule has 1 amide bonds. The van der Waals surface area contributed by atoms with E-state index < -0.39 is 0 Å². The van der Waals surface area contributed by atoms with Gasteiger partial charge >= 0.3 is 0 Å². The molecule has 10 heteroatoms. The average Bonchev–Trinajstić information content (AvgIpc) is 3.23. The fourth-order valence-corrected chi connectivity index (χ4v) is 2.85. The lowest BCUT2D eigenvalue weighted by Gasteiger charge is -2.18. The number of carbonyl (C=O) groups excluding carboxylic acids is 1. The van der Waals surface area contributed by atoms with Gasteiger partial charge in [-0.25, -0.2) is 5.84 Å². The fourth-order valence-electron chi connectivity index (χ4n) is 2.85. The highest BCUT2D eigenvalue weighted by molar-refractivity contribution is 6.04. The lowest BCUT2D eigenvalue weighted by atomic mass is 9.92. The van der Waals surface area contributed by atoms with E-state index in [1.54, 1.807) is 44.6 Å². The summed E-state index contributed by atoms with van der Waals surface area (Å²) in [6, 6.07) is 5.20. The molecule has 32 heavy (non-hydrogen) atoms. The highest BCUT2D eigenvalue weighted by Crippen LogP contribution is 2.23. The van der Waals surface area contributed by atoms with Crippen molar-refractivity contribution in [3.05, 3.63) is 65.5 Å². The number of pyridine rings is 2. The summed E-state index contributed by atoms with van der Waals surface area (Å²) < 4.78 is 5.17. The van der Waals surface area contributed by atoms with Crippen LogP contribution in [0.25, 0.3) is 5.70 Å². The van der Waals surface area contributed by atoms with Crippen LogP contribution in [-0.4, -0.2) is 33.2 Å². The summed E-state index contributed by atoms with van der Waals surface area (Å²) in [7, 11) is 1.55. The number of nitrogens with two attached hydrogens (primary N) is 2. The summed E-state index contributed by atoms with van der Waals surface area (Å²) in [4.78, 5) is 21.1. The molecular formula is C22H28N8O2. The number of hydrogen-bond acceptors (Lipinski definition) is 8. The molecule has 10 nitrogen and oxygen atoms in total. The number of rotatable bonds is 6. The van der Waals surface area contributed by atoms with E-state index in [1.165, 1.54) is 17.4 Å². The zero-order valence-electron chi connectivity index (χ0n) is 18.8. The van der Waals surface area contributed by atoms with E-state index in [0.29, 0.717) is 39.8 Å². The maximum atomic E-state index is 12.7. The van der Waals surface area contributed by atoms with E-state index in [-0.39, 0.29) is 11.3 Å². The molecule has 0 aliphatic carbocycles. The Balaban J connectivity index is 1.81. The second kappa shape index (κ2) is 9.06. The smallest absolute Gasteiger partial charge is 0.258 e. The minimum Gasteiger partial charge on any atom is -0.495 e. The summed E-state index contributed by atoms with van der Waals surface area (Å²) in [5.41, 5.74) is 9.48. The SMILES string of the molecule is COc1cncc(/C(N)=C/N(N)c2cc(C(=O)Nc3cc(C(C)(C)C)[nH]n3)cnc2C)c1. The van der Waals surface area contributed by atoms with Crippen LogP contribution in [0.4, 0.5) is 11.5 Å². The molecule has 0 saturated carbocycles. The molecule has 0 radical (unpaired) electrons. The molecule has 0 atom stereocenters. The molecule has 3 rings (SSSR count). The average molecular weight is 437 g/mol. The molecule has 6 N–H and O–H groups in total. The van der Waals surface area contributed by atoms with Crippen LogP contribution >= 0.6 is 0 Å². The predicted octanol–water partition coefficient (Wildman–Crippen LogP) is 2.70. The first-order valence-corrected chi connectivity index (χ1v) is 9.93. The lowest BCUT2D eigenvalue weighted by molar-refractivity contribution is 0.102. The first kappa shape index (κ1) is 22.8. The molecule has 0 unspecified atom stereocenters. The number of nitrogens with zero attached hydrogens (tertiary/aromatic N) is 4. The van der Waals surface area contributed by atoms with Gasteiger partial charge in [-0.2, -0.15) is 5.10 Å². The van der Waals surface area contributed by atoms with Crippen molar-refractivity contribution in [1.29, 1.82) is 0 Å². The van der Waals surface area contributed by atoms with Gasteiger partial charge in [0.15, 0.2) is 5.82 Å². The Morgan fingerprint density at radius 2 is 1.94 bits per heavy atom. The summed E-state index contributed by atoms with van der Waals surface area (Å²) in [5, 5.41) is 11.2. The van der Waals surface area contributed by atoms with Crippen molar-refractivity contribution in [2.45, 2.75) is 33.1 Å². The normalized spacial score (nSPS) is 11.9. The van der Waals surface area contributed by atoms with E-state index in [9.17, 15) is 4.79 Å². The van der Waals surface area contributed by atoms with Crippen molar-refractivity contribution >= 4 is 23.1 Å². The topological polar surface area (TPSA) is 148 Å². The Labute approximate surface area is 186 Å². The van der Waals surface area contributed by atoms with Crippen molar-refractivity contribution < 1.29 is 9.53 Å². The van der Waals surface area contributed by atoms with Crippen LogP contribution in [-0.2, 0) is 5.41 Å². The first-order valence-electron chi connectivity index (χ1n) is 9.93. The van der Waals surface area contributed by atoms with Crippen LogP contribution in [0.1, 0.15) is 48.1 Å². The predicted molar refractivity (Wildman–Crippen MR) is 124 cm³/mol. The third-order valence-corrected chi connectivity index (χ3v) is 4.79. The van der Waals surface area contributed by atoms with Gasteiger partial charge in [-0.05, 0) is 19.1 Å². The Kier molecular flexibility index (Phi) is 6.45. The Morgan fingerprint density at radius 3 is 2.59 bits per heavy atom. The summed E-state index contributed by atoms with van der Waals surface area (Å²) >= 11 is 0. The van der Waals surface area contributed by atoms with E-state index >= 15 is 0 Å². The number of amides is 1. The Hall–Kier alpha value is -3.92. The summed E-state index contributed by atoms with van der Waals surface area (Å²) in [5.74, 6) is 6.87. The number of aromatic amines is 1. The van der Waals surface area contributed by atoms with Gasteiger partial charge in [0, 0.05) is 41.3 Å².